The topological polar surface area (TPSA) is 58.6 Å². The van der Waals surface area contributed by atoms with Gasteiger partial charge in [-0.15, -0.1) is 11.8 Å². The average Bonchev–Trinajstić information content (AvgIpc) is 3.47. The van der Waals surface area contributed by atoms with Gasteiger partial charge in [-0.2, -0.15) is 5.10 Å². The average molecular weight is 654 g/mol. The molecule has 2 heterocycles. The van der Waals surface area contributed by atoms with Crippen molar-refractivity contribution >= 4 is 50.7 Å². The molecule has 5 nitrogen and oxygen atoms in total. The summed E-state index contributed by atoms with van der Waals surface area (Å²) in [5, 5.41) is 21.3. The number of aromatic nitrogens is 3. The Bertz CT molecular complexity index is 1910. The van der Waals surface area contributed by atoms with Gasteiger partial charge in [0.2, 0.25) is 0 Å². The zero-order valence-electron chi connectivity index (χ0n) is 28.5. The summed E-state index contributed by atoms with van der Waals surface area (Å²) in [5.41, 5.74) is 12.8. The largest absolute Gasteiger partial charge is 0.391 e. The van der Waals surface area contributed by atoms with Crippen LogP contribution in [0.4, 0.5) is 0 Å². The minimum atomic E-state index is 0.611. The summed E-state index contributed by atoms with van der Waals surface area (Å²) in [6, 6.07) is 17.8. The summed E-state index contributed by atoms with van der Waals surface area (Å²) in [7, 11) is 6.09. The van der Waals surface area contributed by atoms with E-state index in [1.165, 1.54) is 44.1 Å². The van der Waals surface area contributed by atoms with Crippen LogP contribution in [0.5, 0.6) is 0 Å². The van der Waals surface area contributed by atoms with Gasteiger partial charge in [-0.05, 0) is 92.0 Å². The number of aryl methyl sites for hydroxylation is 5. The van der Waals surface area contributed by atoms with E-state index >= 15 is 0 Å². The van der Waals surface area contributed by atoms with Gasteiger partial charge in [-0.3, -0.25) is 4.68 Å². The second kappa shape index (κ2) is 15.0. The maximum absolute atomic E-state index is 8.44. The van der Waals surface area contributed by atoms with E-state index in [1.807, 2.05) is 24.9 Å². The monoisotopic (exact) mass is 653 g/mol. The lowest BCUT2D eigenvalue weighted by Gasteiger charge is -2.12. The SMILES string of the molecule is CC/C(=C/C(=N)CSCc1nn(C)c(C)c1-c1c(Cl)ccc2c(CCCCc3cc(CC)cc4ccccc34)c(C)n(C)c12)NC. The maximum Gasteiger partial charge on any atom is 0.0805 e. The van der Waals surface area contributed by atoms with Gasteiger partial charge in [0.05, 0.1) is 16.2 Å². The number of allylic oxidation sites excluding steroid dienone is 2. The molecular formula is C39H48ClN5S. The van der Waals surface area contributed by atoms with Crippen LogP contribution in [0.1, 0.15) is 66.9 Å². The minimum Gasteiger partial charge on any atom is -0.391 e. The van der Waals surface area contributed by atoms with Crippen LogP contribution in [-0.2, 0) is 39.1 Å². The second-order valence-corrected chi connectivity index (χ2v) is 13.7. The van der Waals surface area contributed by atoms with Gasteiger partial charge in [0.1, 0.15) is 0 Å². The number of rotatable bonds is 14. The third-order valence-electron chi connectivity index (χ3n) is 9.47. The van der Waals surface area contributed by atoms with Crippen molar-refractivity contribution < 1.29 is 0 Å². The predicted octanol–water partition coefficient (Wildman–Crippen LogP) is 9.90. The molecule has 5 rings (SSSR count). The summed E-state index contributed by atoms with van der Waals surface area (Å²) in [6.07, 6.45) is 8.29. The third kappa shape index (κ3) is 6.94. The number of thioether (sulfide) groups is 1. The van der Waals surface area contributed by atoms with Gasteiger partial charge in [0, 0.05) is 72.0 Å². The van der Waals surface area contributed by atoms with E-state index in [0.29, 0.717) is 17.2 Å². The number of hydrogen-bond donors (Lipinski definition) is 2. The summed E-state index contributed by atoms with van der Waals surface area (Å²) >= 11 is 8.78. The van der Waals surface area contributed by atoms with Crippen LogP contribution in [0.25, 0.3) is 32.8 Å². The molecule has 0 saturated carbocycles. The van der Waals surface area contributed by atoms with Crippen LogP contribution in [0, 0.1) is 19.3 Å². The van der Waals surface area contributed by atoms with Crippen LogP contribution in [0.3, 0.4) is 0 Å². The Labute approximate surface area is 283 Å². The lowest BCUT2D eigenvalue weighted by atomic mass is 9.95. The standard InChI is InChI=1S/C39H48ClN5S/c1-8-27-20-28(33-17-13-11-15-29(33)21-27)14-10-12-16-32-25(3)44(6)39-34(32)18-19-35(40)38(39)37-26(4)45(7)43-36(37)24-46-23-30(41)22-31(9-2)42-5/h11,13,15,17-22,41-42H,8-10,12,14,16,23-24H2,1-7H3/b31-22-,41-30?. The number of nitrogens with one attached hydrogen (secondary N) is 2. The molecule has 242 valence electrons. The molecule has 5 aromatic rings. The van der Waals surface area contributed by atoms with E-state index in [9.17, 15) is 0 Å². The smallest absolute Gasteiger partial charge is 0.0805 e. The molecule has 0 aliphatic carbocycles. The Hall–Kier alpha value is -3.48. The molecule has 0 bridgehead atoms. The predicted molar refractivity (Wildman–Crippen MR) is 201 cm³/mol. The third-order valence-corrected chi connectivity index (χ3v) is 10.8. The Kier molecular flexibility index (Phi) is 11.0. The number of benzene rings is 3. The molecule has 0 fully saturated rings. The number of nitrogens with zero attached hydrogens (tertiary/aromatic N) is 3. The highest BCUT2D eigenvalue weighted by Gasteiger charge is 2.24. The summed E-state index contributed by atoms with van der Waals surface area (Å²) in [5.74, 6) is 1.34. The highest BCUT2D eigenvalue weighted by atomic mass is 35.5. The van der Waals surface area contributed by atoms with Gasteiger partial charge >= 0.3 is 0 Å². The van der Waals surface area contributed by atoms with E-state index in [1.54, 1.807) is 11.8 Å². The first-order chi connectivity index (χ1) is 22.2. The van der Waals surface area contributed by atoms with Gasteiger partial charge in [0.15, 0.2) is 0 Å². The van der Waals surface area contributed by atoms with Gasteiger partial charge in [-0.1, -0.05) is 67.9 Å². The van der Waals surface area contributed by atoms with Crippen LogP contribution in [0.2, 0.25) is 5.02 Å². The van der Waals surface area contributed by atoms with E-state index < -0.39 is 0 Å². The molecule has 0 spiro atoms. The molecule has 2 N–H and O–H groups in total. The number of fused-ring (bicyclic) bond motifs is 2. The lowest BCUT2D eigenvalue weighted by molar-refractivity contribution is 0.730. The fourth-order valence-electron chi connectivity index (χ4n) is 6.73. The van der Waals surface area contributed by atoms with Gasteiger partial charge in [-0.25, -0.2) is 0 Å². The number of hydrogen-bond acceptors (Lipinski definition) is 4. The molecule has 3 aromatic carbocycles. The Morgan fingerprint density at radius 2 is 1.74 bits per heavy atom. The molecule has 0 atom stereocenters. The van der Waals surface area contributed by atoms with E-state index in [4.69, 9.17) is 22.1 Å². The molecule has 0 unspecified atom stereocenters. The van der Waals surface area contributed by atoms with E-state index in [2.05, 4.69) is 93.2 Å². The van der Waals surface area contributed by atoms with Crippen LogP contribution in [0.15, 0.2) is 60.3 Å². The first-order valence-corrected chi connectivity index (χ1v) is 18.0. The van der Waals surface area contributed by atoms with Gasteiger partial charge < -0.3 is 15.3 Å². The van der Waals surface area contributed by atoms with Crippen molar-refractivity contribution in [2.75, 3.05) is 12.8 Å². The van der Waals surface area contributed by atoms with Crippen molar-refractivity contribution in [3.63, 3.8) is 0 Å². The number of halogens is 1. The van der Waals surface area contributed by atoms with Crippen molar-refractivity contribution in [2.45, 2.75) is 72.0 Å². The Morgan fingerprint density at radius 3 is 2.48 bits per heavy atom. The van der Waals surface area contributed by atoms with Crippen molar-refractivity contribution in [2.24, 2.45) is 14.1 Å². The normalized spacial score (nSPS) is 12.0. The van der Waals surface area contributed by atoms with Crippen molar-refractivity contribution in [3.8, 4) is 11.1 Å². The quantitative estimate of drug-likeness (QED) is 0.0926. The Morgan fingerprint density at radius 1 is 0.978 bits per heavy atom. The minimum absolute atomic E-state index is 0.611. The first-order valence-electron chi connectivity index (χ1n) is 16.5. The second-order valence-electron chi connectivity index (χ2n) is 12.3. The molecule has 0 aliphatic rings. The summed E-state index contributed by atoms with van der Waals surface area (Å²) < 4.78 is 4.30. The van der Waals surface area contributed by atoms with Gasteiger partial charge in [0.25, 0.3) is 0 Å². The fraction of sp³-hybridized carbons (Fsp3) is 0.385. The van der Waals surface area contributed by atoms with Crippen molar-refractivity contribution in [1.82, 2.24) is 19.7 Å². The molecule has 0 aliphatic heterocycles. The molecule has 0 saturated heterocycles. The molecule has 7 heteroatoms. The number of unbranched alkanes of at least 4 members (excludes halogenated alkanes) is 1. The van der Waals surface area contributed by atoms with Crippen LogP contribution >= 0.6 is 23.4 Å². The van der Waals surface area contributed by atoms with Crippen molar-refractivity contribution in [1.29, 1.82) is 5.41 Å². The molecule has 46 heavy (non-hydrogen) atoms. The maximum atomic E-state index is 8.44. The van der Waals surface area contributed by atoms with Crippen molar-refractivity contribution in [3.05, 3.63) is 99.1 Å². The lowest BCUT2D eigenvalue weighted by Crippen LogP contribution is -2.08. The van der Waals surface area contributed by atoms with E-state index in [-0.39, 0.29) is 0 Å². The first kappa shape index (κ1) is 33.9. The Balaban J connectivity index is 1.40. The van der Waals surface area contributed by atoms with Crippen LogP contribution < -0.4 is 5.32 Å². The zero-order valence-corrected chi connectivity index (χ0v) is 30.1. The molecular weight excluding hydrogens is 606 g/mol. The summed E-state index contributed by atoms with van der Waals surface area (Å²) in [4.78, 5) is 0. The zero-order chi connectivity index (χ0) is 33.0. The molecule has 2 aromatic heterocycles. The fourth-order valence-corrected chi connectivity index (χ4v) is 7.77. The highest BCUT2D eigenvalue weighted by Crippen LogP contribution is 2.42. The molecule has 0 amide bonds. The highest BCUT2D eigenvalue weighted by molar-refractivity contribution is 7.99. The molecule has 0 radical (unpaired) electrons. The van der Waals surface area contributed by atoms with E-state index in [0.717, 1.165) is 71.8 Å². The van der Waals surface area contributed by atoms with Crippen LogP contribution in [-0.4, -0.2) is 32.9 Å². The summed E-state index contributed by atoms with van der Waals surface area (Å²) in [6.45, 7) is 8.71.